The molecule has 0 radical (unpaired) electrons. The number of fused-ring (bicyclic) bond motifs is 1. The van der Waals surface area contributed by atoms with Gasteiger partial charge in [0, 0.05) is 10.3 Å². The highest BCUT2D eigenvalue weighted by Crippen LogP contribution is 2.27. The molecule has 0 aliphatic heterocycles. The van der Waals surface area contributed by atoms with E-state index in [1.807, 2.05) is 23.6 Å². The SMILES string of the molecule is O=C(NC(c1ccc(F)cc1)c1cccs1)c1nn(-c2ccccc2)c(=O)c2ccccc12. The van der Waals surface area contributed by atoms with Crippen molar-refractivity contribution in [3.8, 4) is 5.69 Å². The van der Waals surface area contributed by atoms with E-state index in [4.69, 9.17) is 0 Å². The number of halogens is 1. The highest BCUT2D eigenvalue weighted by molar-refractivity contribution is 7.10. The fourth-order valence-electron chi connectivity index (χ4n) is 3.73. The number of rotatable bonds is 5. The average molecular weight is 456 g/mol. The smallest absolute Gasteiger partial charge is 0.279 e. The Morgan fingerprint density at radius 2 is 1.58 bits per heavy atom. The fraction of sp³-hybridized carbons (Fsp3) is 0.0385. The quantitative estimate of drug-likeness (QED) is 0.401. The first kappa shape index (κ1) is 20.8. The second-order valence-corrected chi connectivity index (χ2v) is 8.40. The van der Waals surface area contributed by atoms with Crippen molar-refractivity contribution in [2.24, 2.45) is 0 Å². The molecule has 2 heterocycles. The topological polar surface area (TPSA) is 64.0 Å². The number of hydrogen-bond donors (Lipinski definition) is 1. The van der Waals surface area contributed by atoms with Crippen LogP contribution in [-0.2, 0) is 0 Å². The van der Waals surface area contributed by atoms with Gasteiger partial charge in [-0.1, -0.05) is 54.6 Å². The van der Waals surface area contributed by atoms with Crippen molar-refractivity contribution in [2.45, 2.75) is 6.04 Å². The molecule has 0 spiro atoms. The molecule has 5 nitrogen and oxygen atoms in total. The Hall–Kier alpha value is -4.10. The average Bonchev–Trinajstić information content (AvgIpc) is 3.39. The van der Waals surface area contributed by atoms with Gasteiger partial charge in [-0.2, -0.15) is 9.78 Å². The van der Waals surface area contributed by atoms with E-state index < -0.39 is 11.9 Å². The minimum absolute atomic E-state index is 0.137. The zero-order valence-corrected chi connectivity index (χ0v) is 18.1. The zero-order valence-electron chi connectivity index (χ0n) is 17.3. The standard InChI is InChI=1S/C26H18FN3O2S/c27-18-14-12-17(13-15-18)23(22-11-6-16-33-22)28-25(31)24-20-9-4-5-10-21(20)26(32)30(29-24)19-7-2-1-3-8-19/h1-16,23H,(H,28,31). The number of carbonyl (C=O) groups excluding carboxylic acids is 1. The van der Waals surface area contributed by atoms with E-state index in [0.717, 1.165) is 10.4 Å². The normalized spacial score (nSPS) is 11.9. The number of nitrogens with zero attached hydrogens (tertiary/aromatic N) is 2. The molecular formula is C26H18FN3O2S. The van der Waals surface area contributed by atoms with E-state index in [1.54, 1.807) is 60.7 Å². The molecule has 1 amide bonds. The molecule has 0 saturated carbocycles. The highest BCUT2D eigenvalue weighted by atomic mass is 32.1. The number of nitrogens with one attached hydrogen (secondary N) is 1. The van der Waals surface area contributed by atoms with Gasteiger partial charge in [-0.25, -0.2) is 4.39 Å². The Balaban J connectivity index is 1.62. The van der Waals surface area contributed by atoms with Crippen LogP contribution in [0.15, 0.2) is 101 Å². The lowest BCUT2D eigenvalue weighted by Gasteiger charge is -2.19. The van der Waals surface area contributed by atoms with Crippen molar-refractivity contribution >= 4 is 28.0 Å². The van der Waals surface area contributed by atoms with Crippen molar-refractivity contribution in [1.82, 2.24) is 15.1 Å². The van der Waals surface area contributed by atoms with Gasteiger partial charge in [0.15, 0.2) is 5.69 Å². The van der Waals surface area contributed by atoms with Crippen LogP contribution in [0, 0.1) is 5.82 Å². The van der Waals surface area contributed by atoms with E-state index >= 15 is 0 Å². The van der Waals surface area contributed by atoms with Gasteiger partial charge < -0.3 is 5.32 Å². The number of amides is 1. The molecular weight excluding hydrogens is 437 g/mol. The van der Waals surface area contributed by atoms with Crippen molar-refractivity contribution in [1.29, 1.82) is 0 Å². The summed E-state index contributed by atoms with van der Waals surface area (Å²) in [6, 6.07) is 25.3. The third-order valence-electron chi connectivity index (χ3n) is 5.33. The van der Waals surface area contributed by atoms with Gasteiger partial charge in [-0.05, 0) is 47.3 Å². The summed E-state index contributed by atoms with van der Waals surface area (Å²) in [7, 11) is 0. The molecule has 5 aromatic rings. The van der Waals surface area contributed by atoms with Gasteiger partial charge in [0.05, 0.1) is 17.1 Å². The first-order chi connectivity index (χ1) is 16.1. The van der Waals surface area contributed by atoms with Gasteiger partial charge in [-0.3, -0.25) is 9.59 Å². The molecule has 7 heteroatoms. The van der Waals surface area contributed by atoms with Crippen molar-refractivity contribution < 1.29 is 9.18 Å². The number of hydrogen-bond acceptors (Lipinski definition) is 4. The van der Waals surface area contributed by atoms with E-state index in [1.165, 1.54) is 28.2 Å². The summed E-state index contributed by atoms with van der Waals surface area (Å²) in [5.41, 5.74) is 1.14. The monoisotopic (exact) mass is 455 g/mol. The molecule has 1 atom stereocenters. The van der Waals surface area contributed by atoms with Crippen LogP contribution < -0.4 is 10.9 Å². The molecule has 2 aromatic heterocycles. The lowest BCUT2D eigenvalue weighted by molar-refractivity contribution is 0.0938. The second kappa shape index (κ2) is 8.80. The maximum atomic E-state index is 13.5. The molecule has 1 N–H and O–H groups in total. The van der Waals surface area contributed by atoms with Gasteiger partial charge in [-0.15, -0.1) is 11.3 Å². The van der Waals surface area contributed by atoms with Crippen LogP contribution in [0.1, 0.15) is 27.0 Å². The molecule has 0 fully saturated rings. The Kier molecular flexibility index (Phi) is 5.54. The number of aromatic nitrogens is 2. The van der Waals surface area contributed by atoms with Crippen LogP contribution in [0.2, 0.25) is 0 Å². The summed E-state index contributed by atoms with van der Waals surface area (Å²) >= 11 is 1.49. The predicted octanol–water partition coefficient (Wildman–Crippen LogP) is 5.11. The Labute approximate surface area is 192 Å². The highest BCUT2D eigenvalue weighted by Gasteiger charge is 2.23. The Morgan fingerprint density at radius 1 is 0.879 bits per heavy atom. The van der Waals surface area contributed by atoms with Crippen LogP contribution in [0.4, 0.5) is 4.39 Å². The third kappa shape index (κ3) is 4.06. The van der Waals surface area contributed by atoms with Gasteiger partial charge in [0.1, 0.15) is 5.82 Å². The Bertz CT molecular complexity index is 1480. The molecule has 1 unspecified atom stereocenters. The van der Waals surface area contributed by atoms with E-state index in [9.17, 15) is 14.0 Å². The first-order valence-electron chi connectivity index (χ1n) is 10.3. The molecule has 33 heavy (non-hydrogen) atoms. The van der Waals surface area contributed by atoms with Crippen molar-refractivity contribution in [3.63, 3.8) is 0 Å². The molecule has 0 bridgehead atoms. The third-order valence-corrected chi connectivity index (χ3v) is 6.26. The predicted molar refractivity (Wildman–Crippen MR) is 127 cm³/mol. The summed E-state index contributed by atoms with van der Waals surface area (Å²) in [5.74, 6) is -0.781. The summed E-state index contributed by atoms with van der Waals surface area (Å²) in [5, 5.41) is 10.3. The van der Waals surface area contributed by atoms with Crippen LogP contribution in [0.3, 0.4) is 0 Å². The van der Waals surface area contributed by atoms with E-state index in [0.29, 0.717) is 16.5 Å². The van der Waals surface area contributed by atoms with Crippen molar-refractivity contribution in [2.75, 3.05) is 0 Å². The number of benzene rings is 3. The number of thiophene rings is 1. The molecule has 5 rings (SSSR count). The lowest BCUT2D eigenvalue weighted by Crippen LogP contribution is -2.32. The molecule has 0 aliphatic rings. The summed E-state index contributed by atoms with van der Waals surface area (Å²) in [4.78, 5) is 27.5. The van der Waals surface area contributed by atoms with Crippen molar-refractivity contribution in [3.05, 3.63) is 129 Å². The lowest BCUT2D eigenvalue weighted by atomic mass is 10.0. The molecule has 0 saturated heterocycles. The molecule has 162 valence electrons. The minimum atomic E-state index is -0.490. The summed E-state index contributed by atoms with van der Waals surface area (Å²) in [6.07, 6.45) is 0. The van der Waals surface area contributed by atoms with Gasteiger partial charge >= 0.3 is 0 Å². The van der Waals surface area contributed by atoms with Crippen LogP contribution in [0.25, 0.3) is 16.5 Å². The Morgan fingerprint density at radius 3 is 2.27 bits per heavy atom. The number of para-hydroxylation sites is 1. The molecule has 3 aromatic carbocycles. The van der Waals surface area contributed by atoms with Crippen LogP contribution >= 0.6 is 11.3 Å². The maximum absolute atomic E-state index is 13.5. The summed E-state index contributed by atoms with van der Waals surface area (Å²) in [6.45, 7) is 0. The van der Waals surface area contributed by atoms with E-state index in [2.05, 4.69) is 10.4 Å². The first-order valence-corrected chi connectivity index (χ1v) is 11.2. The minimum Gasteiger partial charge on any atom is -0.339 e. The van der Waals surface area contributed by atoms with Gasteiger partial charge in [0.2, 0.25) is 0 Å². The fourth-order valence-corrected chi connectivity index (χ4v) is 4.53. The van der Waals surface area contributed by atoms with Gasteiger partial charge in [0.25, 0.3) is 11.5 Å². The van der Waals surface area contributed by atoms with Crippen LogP contribution in [-0.4, -0.2) is 15.7 Å². The second-order valence-electron chi connectivity index (χ2n) is 7.42. The van der Waals surface area contributed by atoms with E-state index in [-0.39, 0.29) is 17.1 Å². The maximum Gasteiger partial charge on any atom is 0.279 e. The summed E-state index contributed by atoms with van der Waals surface area (Å²) < 4.78 is 14.8. The largest absolute Gasteiger partial charge is 0.339 e. The zero-order chi connectivity index (χ0) is 22.8. The number of carbonyl (C=O) groups is 1. The van der Waals surface area contributed by atoms with Crippen LogP contribution in [0.5, 0.6) is 0 Å². The molecule has 0 aliphatic carbocycles.